The molecule has 0 atom stereocenters. The second-order valence-corrected chi connectivity index (χ2v) is 11.8. The zero-order valence-electron chi connectivity index (χ0n) is 22.0. The maximum atomic E-state index is 13.7. The fourth-order valence-corrected chi connectivity index (χ4v) is 6.22. The van der Waals surface area contributed by atoms with Crippen molar-refractivity contribution >= 4 is 21.6 Å². The van der Waals surface area contributed by atoms with Gasteiger partial charge in [0.1, 0.15) is 6.54 Å². The van der Waals surface area contributed by atoms with Crippen LogP contribution < -0.4 is 9.62 Å². The maximum absolute atomic E-state index is 13.7. The number of piperidine rings is 1. The highest BCUT2D eigenvalue weighted by Crippen LogP contribution is 2.28. The van der Waals surface area contributed by atoms with Crippen molar-refractivity contribution in [1.29, 1.82) is 0 Å². The highest BCUT2D eigenvalue weighted by Gasteiger charge is 2.28. The second kappa shape index (κ2) is 11.9. The fourth-order valence-electron chi connectivity index (χ4n) is 4.74. The van der Waals surface area contributed by atoms with E-state index in [4.69, 9.17) is 0 Å². The molecule has 3 aromatic carbocycles. The summed E-state index contributed by atoms with van der Waals surface area (Å²) < 4.78 is 28.6. The third-order valence-corrected chi connectivity index (χ3v) is 8.85. The number of aryl methyl sites for hydroxylation is 2. The van der Waals surface area contributed by atoms with Crippen molar-refractivity contribution in [3.05, 3.63) is 94.5 Å². The summed E-state index contributed by atoms with van der Waals surface area (Å²) in [5.74, 6) is -0.349. The minimum Gasteiger partial charge on any atom is -0.350 e. The Morgan fingerprint density at radius 2 is 1.57 bits per heavy atom. The van der Waals surface area contributed by atoms with Gasteiger partial charge < -0.3 is 5.32 Å². The van der Waals surface area contributed by atoms with E-state index in [0.717, 1.165) is 41.9 Å². The summed E-state index contributed by atoms with van der Waals surface area (Å²) in [6.45, 7) is 8.95. The molecular formula is C30H37N3O3S. The zero-order valence-corrected chi connectivity index (χ0v) is 22.9. The van der Waals surface area contributed by atoms with Crippen molar-refractivity contribution in [2.24, 2.45) is 0 Å². The Balaban J connectivity index is 1.50. The quantitative estimate of drug-likeness (QED) is 0.427. The van der Waals surface area contributed by atoms with Crippen molar-refractivity contribution in [1.82, 2.24) is 10.2 Å². The zero-order chi connectivity index (χ0) is 26.4. The Morgan fingerprint density at radius 3 is 2.30 bits per heavy atom. The minimum absolute atomic E-state index is 0.164. The number of hydrogen-bond donors (Lipinski definition) is 1. The van der Waals surface area contributed by atoms with E-state index in [1.54, 1.807) is 30.3 Å². The average molecular weight is 520 g/mol. The smallest absolute Gasteiger partial charge is 0.264 e. The lowest BCUT2D eigenvalue weighted by Gasteiger charge is -2.27. The van der Waals surface area contributed by atoms with Crippen LogP contribution in [0.5, 0.6) is 0 Å². The molecule has 1 N–H and O–H groups in total. The SMILES string of the molecule is Cc1ccc(S(=O)(=O)N(CC(=O)NCc2cccc(CN3CCCCC3)c2)c2cccc(C)c2C)cc1. The van der Waals surface area contributed by atoms with Gasteiger partial charge in [0, 0.05) is 13.1 Å². The minimum atomic E-state index is -3.94. The first-order valence-electron chi connectivity index (χ1n) is 13.0. The predicted octanol–water partition coefficient (Wildman–Crippen LogP) is 5.11. The van der Waals surface area contributed by atoms with E-state index in [1.165, 1.54) is 29.1 Å². The highest BCUT2D eigenvalue weighted by molar-refractivity contribution is 7.92. The van der Waals surface area contributed by atoms with Crippen LogP contribution in [0.15, 0.2) is 71.6 Å². The van der Waals surface area contributed by atoms with E-state index in [-0.39, 0.29) is 17.3 Å². The molecule has 0 unspecified atom stereocenters. The van der Waals surface area contributed by atoms with Crippen molar-refractivity contribution in [2.45, 2.75) is 58.0 Å². The summed E-state index contributed by atoms with van der Waals surface area (Å²) in [4.78, 5) is 15.7. The van der Waals surface area contributed by atoms with Crippen molar-refractivity contribution < 1.29 is 13.2 Å². The molecule has 0 spiro atoms. The molecule has 1 aliphatic rings. The maximum Gasteiger partial charge on any atom is 0.264 e. The van der Waals surface area contributed by atoms with Crippen molar-refractivity contribution in [3.8, 4) is 0 Å². The Morgan fingerprint density at radius 1 is 0.892 bits per heavy atom. The Labute approximate surface area is 221 Å². The molecule has 0 aliphatic carbocycles. The Hall–Kier alpha value is -3.16. The van der Waals surface area contributed by atoms with Gasteiger partial charge in [-0.25, -0.2) is 8.42 Å². The van der Waals surface area contributed by atoms with Crippen LogP contribution in [0, 0.1) is 20.8 Å². The second-order valence-electron chi connectivity index (χ2n) is 9.98. The molecule has 7 heteroatoms. The van der Waals surface area contributed by atoms with E-state index in [2.05, 4.69) is 22.3 Å². The Bertz CT molecular complexity index is 1330. The van der Waals surface area contributed by atoms with Crippen LogP contribution in [0.4, 0.5) is 5.69 Å². The van der Waals surface area contributed by atoms with Crippen LogP contribution in [0.1, 0.15) is 47.1 Å². The number of likely N-dealkylation sites (tertiary alicyclic amines) is 1. The van der Waals surface area contributed by atoms with Gasteiger partial charge in [-0.05, 0) is 87.2 Å². The molecule has 0 bridgehead atoms. The van der Waals surface area contributed by atoms with E-state index in [1.807, 2.05) is 45.0 Å². The summed E-state index contributed by atoms with van der Waals surface area (Å²) >= 11 is 0. The number of carbonyl (C=O) groups excluding carboxylic acids is 1. The van der Waals surface area contributed by atoms with Crippen LogP contribution >= 0.6 is 0 Å². The molecule has 196 valence electrons. The number of hydrogen-bond acceptors (Lipinski definition) is 4. The number of rotatable bonds is 9. The van der Waals surface area contributed by atoms with Crippen molar-refractivity contribution in [3.63, 3.8) is 0 Å². The molecule has 1 aliphatic heterocycles. The van der Waals surface area contributed by atoms with Gasteiger partial charge in [-0.15, -0.1) is 0 Å². The first-order chi connectivity index (χ1) is 17.7. The first kappa shape index (κ1) is 26.9. The number of carbonyl (C=O) groups is 1. The first-order valence-corrected chi connectivity index (χ1v) is 14.4. The summed E-state index contributed by atoms with van der Waals surface area (Å²) in [5, 5.41) is 2.94. The normalized spacial score (nSPS) is 14.4. The van der Waals surface area contributed by atoms with E-state index in [9.17, 15) is 13.2 Å². The largest absolute Gasteiger partial charge is 0.350 e. The number of nitrogens with zero attached hydrogens (tertiary/aromatic N) is 2. The van der Waals surface area contributed by atoms with Crippen LogP contribution in [-0.2, 0) is 27.9 Å². The van der Waals surface area contributed by atoms with Crippen LogP contribution in [-0.4, -0.2) is 38.9 Å². The molecule has 1 fully saturated rings. The lowest BCUT2D eigenvalue weighted by molar-refractivity contribution is -0.119. The lowest BCUT2D eigenvalue weighted by atomic mass is 10.1. The monoisotopic (exact) mass is 519 g/mol. The molecule has 1 heterocycles. The highest BCUT2D eigenvalue weighted by atomic mass is 32.2. The number of benzene rings is 3. The molecule has 3 aromatic rings. The molecule has 37 heavy (non-hydrogen) atoms. The van der Waals surface area contributed by atoms with Crippen LogP contribution in [0.2, 0.25) is 0 Å². The van der Waals surface area contributed by atoms with E-state index < -0.39 is 10.0 Å². The van der Waals surface area contributed by atoms with Gasteiger partial charge >= 0.3 is 0 Å². The van der Waals surface area contributed by atoms with Crippen LogP contribution in [0.3, 0.4) is 0 Å². The topological polar surface area (TPSA) is 69.7 Å². The van der Waals surface area contributed by atoms with Crippen molar-refractivity contribution in [2.75, 3.05) is 23.9 Å². The molecular weight excluding hydrogens is 482 g/mol. The number of sulfonamides is 1. The van der Waals surface area contributed by atoms with Gasteiger partial charge in [0.2, 0.25) is 5.91 Å². The molecule has 1 amide bonds. The summed E-state index contributed by atoms with van der Waals surface area (Å²) in [5.41, 5.74) is 5.51. The number of nitrogens with one attached hydrogen (secondary N) is 1. The summed E-state index contributed by atoms with van der Waals surface area (Å²) in [6.07, 6.45) is 3.80. The molecule has 1 saturated heterocycles. The third kappa shape index (κ3) is 6.79. The van der Waals surface area contributed by atoms with Gasteiger partial charge in [-0.3, -0.25) is 14.0 Å². The molecule has 6 nitrogen and oxygen atoms in total. The summed E-state index contributed by atoms with van der Waals surface area (Å²) in [6, 6.07) is 20.5. The van der Waals surface area contributed by atoms with Gasteiger partial charge in [-0.2, -0.15) is 0 Å². The molecule has 0 saturated carbocycles. The molecule has 4 rings (SSSR count). The lowest BCUT2D eigenvalue weighted by Crippen LogP contribution is -2.41. The van der Waals surface area contributed by atoms with E-state index >= 15 is 0 Å². The van der Waals surface area contributed by atoms with Gasteiger partial charge in [0.25, 0.3) is 10.0 Å². The van der Waals surface area contributed by atoms with Gasteiger partial charge in [0.15, 0.2) is 0 Å². The van der Waals surface area contributed by atoms with Gasteiger partial charge in [0.05, 0.1) is 10.6 Å². The molecule has 0 aromatic heterocycles. The standard InChI is InChI=1S/C30H37N3O3S/c1-23-13-15-28(16-14-23)37(35,36)33(29-12-7-9-24(2)25(29)3)22-30(34)31-20-26-10-8-11-27(19-26)21-32-17-5-4-6-18-32/h7-16,19H,4-6,17-18,20-22H2,1-3H3,(H,31,34). The molecule has 0 radical (unpaired) electrons. The number of amides is 1. The fraction of sp³-hybridized carbons (Fsp3) is 0.367. The predicted molar refractivity (Wildman–Crippen MR) is 149 cm³/mol. The Kier molecular flexibility index (Phi) is 8.67. The average Bonchev–Trinajstić information content (AvgIpc) is 2.89. The van der Waals surface area contributed by atoms with Crippen LogP contribution in [0.25, 0.3) is 0 Å². The number of anilines is 1. The summed E-state index contributed by atoms with van der Waals surface area (Å²) in [7, 11) is -3.94. The third-order valence-electron chi connectivity index (χ3n) is 7.08. The van der Waals surface area contributed by atoms with Gasteiger partial charge in [-0.1, -0.05) is 60.5 Å². The van der Waals surface area contributed by atoms with E-state index in [0.29, 0.717) is 12.2 Å².